The fourth-order valence-electron chi connectivity index (χ4n) is 1.55. The molecule has 0 unspecified atom stereocenters. The molecule has 1 N–H and O–H groups in total. The third-order valence-corrected chi connectivity index (χ3v) is 2.45. The summed E-state index contributed by atoms with van der Waals surface area (Å²) in [4.78, 5) is 10.4. The van der Waals surface area contributed by atoms with E-state index in [4.69, 9.17) is 0 Å². The fraction of sp³-hybridized carbons (Fsp3) is 0.600. The van der Waals surface area contributed by atoms with Crippen molar-refractivity contribution in [3.8, 4) is 0 Å². The molecule has 76 valence electrons. The Kier molecular flexibility index (Phi) is 2.27. The highest BCUT2D eigenvalue weighted by atomic mass is 16.1. The quantitative estimate of drug-likeness (QED) is 0.742. The maximum atomic E-state index is 10.4. The van der Waals surface area contributed by atoms with E-state index < -0.39 is 0 Å². The number of amides is 1. The molecule has 0 saturated heterocycles. The van der Waals surface area contributed by atoms with Gasteiger partial charge >= 0.3 is 0 Å². The van der Waals surface area contributed by atoms with Crippen LogP contribution in [0.4, 0.5) is 5.82 Å². The summed E-state index contributed by atoms with van der Waals surface area (Å²) in [5.74, 6) is 1.43. The van der Waals surface area contributed by atoms with E-state index in [0.717, 1.165) is 11.5 Å². The molecule has 2 rings (SSSR count). The van der Waals surface area contributed by atoms with Gasteiger partial charge in [0.25, 0.3) is 0 Å². The van der Waals surface area contributed by atoms with Crippen LogP contribution in [-0.2, 0) is 4.79 Å². The normalized spacial score (nSPS) is 15.9. The van der Waals surface area contributed by atoms with E-state index in [9.17, 15) is 4.79 Å². The summed E-state index contributed by atoms with van der Waals surface area (Å²) in [6, 6.07) is 2.26. The summed E-state index contributed by atoms with van der Waals surface area (Å²) in [5, 5.41) is 7.17. The summed E-state index contributed by atoms with van der Waals surface area (Å²) in [5.41, 5.74) is 1.11. The van der Waals surface area contributed by atoms with E-state index in [-0.39, 0.29) is 6.04 Å². The number of nitrogens with zero attached hydrogens (tertiary/aromatic N) is 2. The minimum atomic E-state index is 0.282. The van der Waals surface area contributed by atoms with Gasteiger partial charge in [-0.25, -0.2) is 4.68 Å². The summed E-state index contributed by atoms with van der Waals surface area (Å²) in [6.45, 7) is 4.11. The molecule has 1 amide bonds. The van der Waals surface area contributed by atoms with Crippen molar-refractivity contribution in [2.45, 2.75) is 38.6 Å². The van der Waals surface area contributed by atoms with Crippen molar-refractivity contribution in [1.29, 1.82) is 0 Å². The molecule has 0 aliphatic heterocycles. The Balaban J connectivity index is 2.29. The summed E-state index contributed by atoms with van der Waals surface area (Å²) < 4.78 is 1.86. The van der Waals surface area contributed by atoms with Gasteiger partial charge in [-0.15, -0.1) is 0 Å². The van der Waals surface area contributed by atoms with Gasteiger partial charge in [0.05, 0.1) is 5.69 Å². The predicted octanol–water partition coefficient (Wildman–Crippen LogP) is 1.91. The topological polar surface area (TPSA) is 46.9 Å². The van der Waals surface area contributed by atoms with Gasteiger partial charge in [-0.3, -0.25) is 4.79 Å². The average molecular weight is 193 g/mol. The van der Waals surface area contributed by atoms with E-state index in [0.29, 0.717) is 12.3 Å². The number of hydrogen-bond acceptors (Lipinski definition) is 2. The van der Waals surface area contributed by atoms with Gasteiger partial charge < -0.3 is 5.32 Å². The molecule has 1 fully saturated rings. The average Bonchev–Trinajstić information content (AvgIpc) is 2.89. The lowest BCUT2D eigenvalue weighted by atomic mass is 10.3. The van der Waals surface area contributed by atoms with Crippen molar-refractivity contribution < 1.29 is 4.79 Å². The van der Waals surface area contributed by atoms with Crippen LogP contribution in [0.15, 0.2) is 6.07 Å². The molecule has 0 bridgehead atoms. The maximum absolute atomic E-state index is 10.4. The molecule has 0 aromatic carbocycles. The van der Waals surface area contributed by atoms with Crippen LogP contribution in [0, 0.1) is 0 Å². The van der Waals surface area contributed by atoms with Crippen LogP contribution in [0.2, 0.25) is 0 Å². The highest BCUT2D eigenvalue weighted by molar-refractivity contribution is 5.69. The van der Waals surface area contributed by atoms with Gasteiger partial charge in [0.1, 0.15) is 5.82 Å². The molecule has 1 aromatic rings. The third-order valence-electron chi connectivity index (χ3n) is 2.45. The zero-order valence-electron chi connectivity index (χ0n) is 8.53. The highest BCUT2D eigenvalue weighted by Crippen LogP contribution is 2.40. The molecule has 4 heteroatoms. The molecule has 1 aromatic heterocycles. The largest absolute Gasteiger partial charge is 0.314 e. The first-order valence-corrected chi connectivity index (χ1v) is 5.02. The Bertz CT molecular complexity index is 339. The SMILES string of the molecule is CC(C)n1nc(C2CC2)cc1NC=O. The maximum Gasteiger partial charge on any atom is 0.212 e. The third kappa shape index (κ3) is 1.64. The number of aromatic nitrogens is 2. The first kappa shape index (κ1) is 9.24. The van der Waals surface area contributed by atoms with Crippen molar-refractivity contribution in [2.75, 3.05) is 5.32 Å². The van der Waals surface area contributed by atoms with Crippen LogP contribution in [0.3, 0.4) is 0 Å². The molecular weight excluding hydrogens is 178 g/mol. The number of carbonyl (C=O) groups excluding carboxylic acids is 1. The second-order valence-electron chi connectivity index (χ2n) is 4.03. The van der Waals surface area contributed by atoms with Gasteiger partial charge in [-0.1, -0.05) is 0 Å². The van der Waals surface area contributed by atoms with E-state index >= 15 is 0 Å². The van der Waals surface area contributed by atoms with Crippen molar-refractivity contribution in [2.24, 2.45) is 0 Å². The van der Waals surface area contributed by atoms with Gasteiger partial charge in [-0.2, -0.15) is 5.10 Å². The summed E-state index contributed by atoms with van der Waals surface area (Å²) in [6.07, 6.45) is 3.16. The Morgan fingerprint density at radius 1 is 1.64 bits per heavy atom. The molecule has 0 radical (unpaired) electrons. The standard InChI is InChI=1S/C10H15N3O/c1-7(2)13-10(11-6-14)5-9(12-13)8-3-4-8/h5-8H,3-4H2,1-2H3,(H,11,14). The predicted molar refractivity (Wildman–Crippen MR) is 54.3 cm³/mol. The number of anilines is 1. The molecule has 0 atom stereocenters. The smallest absolute Gasteiger partial charge is 0.212 e. The first-order chi connectivity index (χ1) is 6.72. The van der Waals surface area contributed by atoms with Crippen LogP contribution in [0.5, 0.6) is 0 Å². The number of carbonyl (C=O) groups is 1. The highest BCUT2D eigenvalue weighted by Gasteiger charge is 2.27. The summed E-state index contributed by atoms with van der Waals surface area (Å²) >= 11 is 0. The van der Waals surface area contributed by atoms with Gasteiger partial charge in [0.2, 0.25) is 6.41 Å². The van der Waals surface area contributed by atoms with Crippen LogP contribution >= 0.6 is 0 Å². The Hall–Kier alpha value is -1.32. The monoisotopic (exact) mass is 193 g/mol. The molecular formula is C10H15N3O. The summed E-state index contributed by atoms with van der Waals surface area (Å²) in [7, 11) is 0. The lowest BCUT2D eigenvalue weighted by molar-refractivity contribution is -0.105. The van der Waals surface area contributed by atoms with Crippen molar-refractivity contribution in [3.05, 3.63) is 11.8 Å². The molecule has 14 heavy (non-hydrogen) atoms. The van der Waals surface area contributed by atoms with Crippen molar-refractivity contribution in [1.82, 2.24) is 9.78 Å². The lowest BCUT2D eigenvalue weighted by Gasteiger charge is -2.08. The molecule has 1 saturated carbocycles. The number of rotatable bonds is 4. The van der Waals surface area contributed by atoms with Crippen LogP contribution < -0.4 is 5.32 Å². The van der Waals surface area contributed by atoms with Gasteiger partial charge in [0.15, 0.2) is 0 Å². The van der Waals surface area contributed by atoms with E-state index in [1.54, 1.807) is 0 Å². The molecule has 1 aliphatic carbocycles. The number of hydrogen-bond donors (Lipinski definition) is 1. The minimum absolute atomic E-state index is 0.282. The van der Waals surface area contributed by atoms with Crippen molar-refractivity contribution in [3.63, 3.8) is 0 Å². The lowest BCUT2D eigenvalue weighted by Crippen LogP contribution is -2.08. The van der Waals surface area contributed by atoms with E-state index in [1.807, 2.05) is 10.7 Å². The Morgan fingerprint density at radius 2 is 2.36 bits per heavy atom. The molecule has 0 spiro atoms. The van der Waals surface area contributed by atoms with Crippen LogP contribution in [0.25, 0.3) is 0 Å². The van der Waals surface area contributed by atoms with Gasteiger partial charge in [-0.05, 0) is 26.7 Å². The van der Waals surface area contributed by atoms with Crippen molar-refractivity contribution >= 4 is 12.2 Å². The van der Waals surface area contributed by atoms with Crippen LogP contribution in [0.1, 0.15) is 44.3 Å². The second-order valence-corrected chi connectivity index (χ2v) is 4.03. The van der Waals surface area contributed by atoms with E-state index in [2.05, 4.69) is 24.3 Å². The Labute approximate surface area is 83.3 Å². The Morgan fingerprint density at radius 3 is 2.86 bits per heavy atom. The second kappa shape index (κ2) is 3.44. The zero-order chi connectivity index (χ0) is 10.1. The first-order valence-electron chi connectivity index (χ1n) is 5.02. The number of nitrogens with one attached hydrogen (secondary N) is 1. The molecule has 1 heterocycles. The zero-order valence-corrected chi connectivity index (χ0v) is 8.53. The molecule has 1 aliphatic rings. The van der Waals surface area contributed by atoms with Crippen LogP contribution in [-0.4, -0.2) is 16.2 Å². The van der Waals surface area contributed by atoms with Gasteiger partial charge in [0, 0.05) is 18.0 Å². The molecule has 4 nitrogen and oxygen atoms in total. The minimum Gasteiger partial charge on any atom is -0.314 e. The fourth-order valence-corrected chi connectivity index (χ4v) is 1.55. The van der Waals surface area contributed by atoms with E-state index in [1.165, 1.54) is 12.8 Å².